The first-order valence-corrected chi connectivity index (χ1v) is 9.04. The van der Waals surface area contributed by atoms with Gasteiger partial charge in [0.25, 0.3) is 0 Å². The van der Waals surface area contributed by atoms with Crippen LogP contribution in [0.2, 0.25) is 5.02 Å². The third-order valence-electron chi connectivity index (χ3n) is 3.64. The van der Waals surface area contributed by atoms with Crippen molar-refractivity contribution >= 4 is 27.5 Å². The van der Waals surface area contributed by atoms with Crippen LogP contribution in [0.1, 0.15) is 70.4 Å². The van der Waals surface area contributed by atoms with E-state index < -0.39 is 0 Å². The molecule has 1 N–H and O–H groups in total. The molecule has 114 valence electrons. The maximum Gasteiger partial charge on any atom is 0.0548 e. The van der Waals surface area contributed by atoms with Gasteiger partial charge in [-0.05, 0) is 46.6 Å². The molecule has 0 amide bonds. The molecule has 0 aromatic heterocycles. The number of benzene rings is 1. The van der Waals surface area contributed by atoms with Crippen LogP contribution in [0, 0.1) is 0 Å². The lowest BCUT2D eigenvalue weighted by Crippen LogP contribution is -2.20. The summed E-state index contributed by atoms with van der Waals surface area (Å²) in [6, 6.07) is 6.70. The van der Waals surface area contributed by atoms with E-state index in [4.69, 9.17) is 11.6 Å². The van der Waals surface area contributed by atoms with E-state index in [1.165, 1.54) is 50.5 Å². The number of rotatable bonds is 10. The van der Waals surface area contributed by atoms with E-state index in [2.05, 4.69) is 47.2 Å². The van der Waals surface area contributed by atoms with E-state index in [0.29, 0.717) is 6.04 Å². The van der Waals surface area contributed by atoms with E-state index in [1.807, 2.05) is 6.07 Å². The van der Waals surface area contributed by atoms with Crippen molar-refractivity contribution in [3.8, 4) is 0 Å². The fourth-order valence-electron chi connectivity index (χ4n) is 2.49. The molecule has 0 fully saturated rings. The normalized spacial score (nSPS) is 12.6. The summed E-state index contributed by atoms with van der Waals surface area (Å²) in [5, 5.41) is 4.36. The number of nitrogens with one attached hydrogen (secondary N) is 1. The van der Waals surface area contributed by atoms with Crippen molar-refractivity contribution in [2.24, 2.45) is 0 Å². The van der Waals surface area contributed by atoms with Gasteiger partial charge in [0.1, 0.15) is 0 Å². The van der Waals surface area contributed by atoms with Gasteiger partial charge in [-0.15, -0.1) is 0 Å². The van der Waals surface area contributed by atoms with E-state index >= 15 is 0 Å². The van der Waals surface area contributed by atoms with Crippen LogP contribution in [0.25, 0.3) is 0 Å². The SMILES string of the molecule is CCCCCCCCC(NCC)c1ccc(Cl)c(Br)c1. The van der Waals surface area contributed by atoms with Crippen LogP contribution in [0.4, 0.5) is 0 Å². The Morgan fingerprint density at radius 1 is 1.10 bits per heavy atom. The second kappa shape index (κ2) is 10.6. The average molecular weight is 361 g/mol. The number of hydrogen-bond acceptors (Lipinski definition) is 1. The van der Waals surface area contributed by atoms with Gasteiger partial charge in [0.15, 0.2) is 0 Å². The molecule has 1 unspecified atom stereocenters. The molecule has 1 rings (SSSR count). The van der Waals surface area contributed by atoms with E-state index in [0.717, 1.165) is 16.0 Å². The molecule has 20 heavy (non-hydrogen) atoms. The van der Waals surface area contributed by atoms with E-state index in [-0.39, 0.29) is 0 Å². The van der Waals surface area contributed by atoms with Crippen molar-refractivity contribution in [3.05, 3.63) is 33.3 Å². The first-order valence-electron chi connectivity index (χ1n) is 7.87. The lowest BCUT2D eigenvalue weighted by molar-refractivity contribution is 0.477. The van der Waals surface area contributed by atoms with Gasteiger partial charge < -0.3 is 5.32 Å². The summed E-state index contributed by atoms with van der Waals surface area (Å²) in [5.74, 6) is 0. The molecule has 0 heterocycles. The summed E-state index contributed by atoms with van der Waals surface area (Å²) in [6.07, 6.45) is 9.29. The molecule has 1 aromatic rings. The van der Waals surface area contributed by atoms with Crippen molar-refractivity contribution in [1.29, 1.82) is 0 Å². The number of halogens is 2. The molecule has 1 nitrogen and oxygen atoms in total. The third kappa shape index (κ3) is 6.60. The molecular formula is C17H27BrClN. The van der Waals surface area contributed by atoms with Gasteiger partial charge in [-0.25, -0.2) is 0 Å². The standard InChI is InChI=1S/C17H27BrClN/c1-3-5-6-7-8-9-10-17(20-4-2)14-11-12-16(19)15(18)13-14/h11-13,17,20H,3-10H2,1-2H3. The molecule has 1 aromatic carbocycles. The molecule has 1 atom stereocenters. The van der Waals surface area contributed by atoms with E-state index in [9.17, 15) is 0 Å². The molecule has 0 aliphatic heterocycles. The fourth-order valence-corrected chi connectivity index (χ4v) is 3.00. The van der Waals surface area contributed by atoms with Crippen molar-refractivity contribution in [3.63, 3.8) is 0 Å². The van der Waals surface area contributed by atoms with Gasteiger partial charge in [0, 0.05) is 10.5 Å². The second-order valence-electron chi connectivity index (χ2n) is 5.34. The van der Waals surface area contributed by atoms with Crippen LogP contribution in [-0.4, -0.2) is 6.54 Å². The maximum atomic E-state index is 6.07. The molecule has 3 heteroatoms. The lowest BCUT2D eigenvalue weighted by atomic mass is 9.99. The Hall–Kier alpha value is -0.0500. The Morgan fingerprint density at radius 2 is 1.80 bits per heavy atom. The van der Waals surface area contributed by atoms with Crippen molar-refractivity contribution < 1.29 is 0 Å². The fraction of sp³-hybridized carbons (Fsp3) is 0.647. The molecular weight excluding hydrogens is 334 g/mol. The second-order valence-corrected chi connectivity index (χ2v) is 6.60. The number of unbranched alkanes of at least 4 members (excludes halogenated alkanes) is 5. The minimum Gasteiger partial charge on any atom is -0.310 e. The van der Waals surface area contributed by atoms with Crippen LogP contribution < -0.4 is 5.32 Å². The minimum absolute atomic E-state index is 0.444. The highest BCUT2D eigenvalue weighted by atomic mass is 79.9. The van der Waals surface area contributed by atoms with Crippen LogP contribution >= 0.6 is 27.5 Å². The van der Waals surface area contributed by atoms with Gasteiger partial charge in [0.05, 0.1) is 5.02 Å². The Bertz CT molecular complexity index is 381. The zero-order valence-electron chi connectivity index (χ0n) is 12.7. The molecule has 0 saturated heterocycles. The molecule has 0 aliphatic carbocycles. The van der Waals surface area contributed by atoms with Gasteiger partial charge >= 0.3 is 0 Å². The summed E-state index contributed by atoms with van der Waals surface area (Å²) in [6.45, 7) is 5.43. The zero-order valence-corrected chi connectivity index (χ0v) is 15.1. The quantitative estimate of drug-likeness (QED) is 0.469. The van der Waals surface area contributed by atoms with Crippen LogP contribution in [0.15, 0.2) is 22.7 Å². The predicted octanol–water partition coefficient (Wildman–Crippen LogP) is 6.50. The van der Waals surface area contributed by atoms with Crippen molar-refractivity contribution in [2.45, 2.75) is 64.8 Å². The van der Waals surface area contributed by atoms with Crippen LogP contribution in [0.5, 0.6) is 0 Å². The summed E-state index contributed by atoms with van der Waals surface area (Å²) >= 11 is 9.59. The highest BCUT2D eigenvalue weighted by molar-refractivity contribution is 9.10. The average Bonchev–Trinajstić information content (AvgIpc) is 2.44. The van der Waals surface area contributed by atoms with Gasteiger partial charge in [-0.3, -0.25) is 0 Å². The van der Waals surface area contributed by atoms with Crippen molar-refractivity contribution in [1.82, 2.24) is 5.32 Å². The molecule has 0 aliphatic rings. The maximum absolute atomic E-state index is 6.07. The summed E-state index contributed by atoms with van der Waals surface area (Å²) in [4.78, 5) is 0. The van der Waals surface area contributed by atoms with Crippen molar-refractivity contribution in [2.75, 3.05) is 6.54 Å². The predicted molar refractivity (Wildman–Crippen MR) is 93.6 cm³/mol. The first-order chi connectivity index (χ1) is 9.69. The Labute approximate surface area is 137 Å². The Balaban J connectivity index is 2.45. The van der Waals surface area contributed by atoms with E-state index in [1.54, 1.807) is 0 Å². The molecule has 0 bridgehead atoms. The Morgan fingerprint density at radius 3 is 2.45 bits per heavy atom. The third-order valence-corrected chi connectivity index (χ3v) is 4.86. The molecule has 0 radical (unpaired) electrons. The largest absolute Gasteiger partial charge is 0.310 e. The molecule has 0 saturated carbocycles. The summed E-state index contributed by atoms with van der Waals surface area (Å²) < 4.78 is 0.988. The minimum atomic E-state index is 0.444. The van der Waals surface area contributed by atoms with Gasteiger partial charge in [0.2, 0.25) is 0 Å². The van der Waals surface area contributed by atoms with Crippen LogP contribution in [-0.2, 0) is 0 Å². The monoisotopic (exact) mass is 359 g/mol. The highest BCUT2D eigenvalue weighted by Gasteiger charge is 2.11. The van der Waals surface area contributed by atoms with Gasteiger partial charge in [-0.2, -0.15) is 0 Å². The Kier molecular flexibility index (Phi) is 9.58. The summed E-state index contributed by atoms with van der Waals surface area (Å²) in [7, 11) is 0. The lowest BCUT2D eigenvalue weighted by Gasteiger charge is -2.19. The van der Waals surface area contributed by atoms with Crippen LogP contribution in [0.3, 0.4) is 0 Å². The zero-order chi connectivity index (χ0) is 14.8. The molecule has 0 spiro atoms. The van der Waals surface area contributed by atoms with Gasteiger partial charge in [-0.1, -0.05) is 70.0 Å². The summed E-state index contributed by atoms with van der Waals surface area (Å²) in [5.41, 5.74) is 1.33. The first kappa shape index (κ1) is 18.0. The number of hydrogen-bond donors (Lipinski definition) is 1. The highest BCUT2D eigenvalue weighted by Crippen LogP contribution is 2.28. The smallest absolute Gasteiger partial charge is 0.0548 e. The topological polar surface area (TPSA) is 12.0 Å².